The van der Waals surface area contributed by atoms with Gasteiger partial charge in [-0.2, -0.15) is 0 Å². The Kier molecular flexibility index (Phi) is 5.60. The summed E-state index contributed by atoms with van der Waals surface area (Å²) in [6.45, 7) is 2.51. The molecule has 2 rings (SSSR count). The maximum atomic E-state index is 12.0. The van der Waals surface area contributed by atoms with Gasteiger partial charge in [-0.25, -0.2) is 0 Å². The fourth-order valence-corrected chi connectivity index (χ4v) is 2.33. The Morgan fingerprint density at radius 1 is 1.17 bits per heavy atom. The molecule has 0 atom stereocenters. The number of benzene rings is 2. The molecule has 0 saturated heterocycles. The average Bonchev–Trinajstić information content (AvgIpc) is 2.49. The van der Waals surface area contributed by atoms with E-state index >= 15 is 0 Å². The molecule has 0 radical (unpaired) electrons. The Morgan fingerprint density at radius 2 is 1.87 bits per heavy atom. The van der Waals surface area contributed by atoms with Crippen LogP contribution in [0.15, 0.2) is 42.5 Å². The van der Waals surface area contributed by atoms with Gasteiger partial charge in [-0.15, -0.1) is 0 Å². The second kappa shape index (κ2) is 7.65. The summed E-state index contributed by atoms with van der Waals surface area (Å²) in [5.41, 5.74) is 6.78. The molecule has 2 amide bonds. The SMILES string of the molecule is CCOc1ccc(CC(=O)Nc2ccc(C(N)=O)c(Cl)c2)cc1. The molecule has 0 spiro atoms. The quantitative estimate of drug-likeness (QED) is 0.853. The first-order chi connectivity index (χ1) is 11.0. The van der Waals surface area contributed by atoms with Crippen LogP contribution in [0.1, 0.15) is 22.8 Å². The number of carbonyl (C=O) groups is 2. The second-order valence-electron chi connectivity index (χ2n) is 4.86. The van der Waals surface area contributed by atoms with Crippen LogP contribution in [0.25, 0.3) is 0 Å². The van der Waals surface area contributed by atoms with Crippen LogP contribution in [-0.2, 0) is 11.2 Å². The van der Waals surface area contributed by atoms with Gasteiger partial charge >= 0.3 is 0 Å². The van der Waals surface area contributed by atoms with Crippen molar-refractivity contribution in [3.8, 4) is 5.75 Å². The zero-order valence-corrected chi connectivity index (χ0v) is 13.4. The number of nitrogens with two attached hydrogens (primary N) is 1. The van der Waals surface area contributed by atoms with Crippen molar-refractivity contribution in [3.63, 3.8) is 0 Å². The lowest BCUT2D eigenvalue weighted by molar-refractivity contribution is -0.115. The summed E-state index contributed by atoms with van der Waals surface area (Å²) in [5, 5.41) is 2.94. The lowest BCUT2D eigenvalue weighted by atomic mass is 10.1. The van der Waals surface area contributed by atoms with Crippen LogP contribution in [0.2, 0.25) is 5.02 Å². The second-order valence-corrected chi connectivity index (χ2v) is 5.27. The molecule has 120 valence electrons. The van der Waals surface area contributed by atoms with Gasteiger partial charge in [-0.05, 0) is 42.8 Å². The molecule has 3 N–H and O–H groups in total. The van der Waals surface area contributed by atoms with E-state index in [0.29, 0.717) is 12.3 Å². The van der Waals surface area contributed by atoms with Gasteiger partial charge in [0.25, 0.3) is 0 Å². The molecular formula is C17H17ClN2O3. The number of carbonyl (C=O) groups excluding carboxylic acids is 2. The minimum absolute atomic E-state index is 0.183. The molecule has 23 heavy (non-hydrogen) atoms. The molecule has 0 unspecified atom stereocenters. The van der Waals surface area contributed by atoms with Crippen LogP contribution in [0, 0.1) is 0 Å². The van der Waals surface area contributed by atoms with Crippen molar-refractivity contribution in [2.75, 3.05) is 11.9 Å². The van der Waals surface area contributed by atoms with Gasteiger partial charge in [0.2, 0.25) is 11.8 Å². The van der Waals surface area contributed by atoms with Crippen molar-refractivity contribution >= 4 is 29.1 Å². The Labute approximate surface area is 139 Å². The summed E-state index contributed by atoms with van der Waals surface area (Å²) >= 11 is 5.95. The van der Waals surface area contributed by atoms with Gasteiger partial charge in [0, 0.05) is 5.69 Å². The molecule has 0 heterocycles. The van der Waals surface area contributed by atoms with E-state index in [1.165, 1.54) is 12.1 Å². The fraction of sp³-hybridized carbons (Fsp3) is 0.176. The molecule has 0 aromatic heterocycles. The van der Waals surface area contributed by atoms with E-state index in [1.54, 1.807) is 6.07 Å². The predicted molar refractivity (Wildman–Crippen MR) is 89.9 cm³/mol. The average molecular weight is 333 g/mol. The monoisotopic (exact) mass is 332 g/mol. The van der Waals surface area contributed by atoms with Crippen LogP contribution < -0.4 is 15.8 Å². The third-order valence-electron chi connectivity index (χ3n) is 3.12. The minimum Gasteiger partial charge on any atom is -0.494 e. The molecular weight excluding hydrogens is 316 g/mol. The summed E-state index contributed by atoms with van der Waals surface area (Å²) in [4.78, 5) is 23.2. The third-order valence-corrected chi connectivity index (χ3v) is 3.43. The van der Waals surface area contributed by atoms with Crippen LogP contribution in [0.5, 0.6) is 5.75 Å². The van der Waals surface area contributed by atoms with E-state index < -0.39 is 5.91 Å². The number of hydrogen-bond donors (Lipinski definition) is 2. The summed E-state index contributed by atoms with van der Waals surface area (Å²) in [6.07, 6.45) is 0.224. The maximum Gasteiger partial charge on any atom is 0.250 e. The topological polar surface area (TPSA) is 81.4 Å². The van der Waals surface area contributed by atoms with Crippen molar-refractivity contribution in [1.82, 2.24) is 0 Å². The van der Waals surface area contributed by atoms with E-state index in [9.17, 15) is 9.59 Å². The fourth-order valence-electron chi connectivity index (χ4n) is 2.05. The molecule has 0 aliphatic rings. The van der Waals surface area contributed by atoms with Gasteiger partial charge in [-0.1, -0.05) is 23.7 Å². The molecule has 0 aliphatic carbocycles. The first-order valence-corrected chi connectivity index (χ1v) is 7.48. The first kappa shape index (κ1) is 16.8. The van der Waals surface area contributed by atoms with E-state index in [0.717, 1.165) is 11.3 Å². The van der Waals surface area contributed by atoms with Gasteiger partial charge in [0.15, 0.2) is 0 Å². The van der Waals surface area contributed by atoms with Crippen molar-refractivity contribution in [3.05, 3.63) is 58.6 Å². The van der Waals surface area contributed by atoms with Crippen molar-refractivity contribution in [2.45, 2.75) is 13.3 Å². The lowest BCUT2D eigenvalue weighted by Gasteiger charge is -2.08. The number of amides is 2. The van der Waals surface area contributed by atoms with Gasteiger partial charge in [0.05, 0.1) is 23.6 Å². The highest BCUT2D eigenvalue weighted by Crippen LogP contribution is 2.21. The Bertz CT molecular complexity index is 714. The standard InChI is InChI=1S/C17H17ClN2O3/c1-2-23-13-6-3-11(4-7-13)9-16(21)20-12-5-8-14(17(19)22)15(18)10-12/h3-8,10H,2,9H2,1H3,(H2,19,22)(H,20,21). The first-order valence-electron chi connectivity index (χ1n) is 7.10. The highest BCUT2D eigenvalue weighted by Gasteiger charge is 2.09. The number of anilines is 1. The van der Waals surface area contributed by atoms with E-state index in [4.69, 9.17) is 22.1 Å². The number of hydrogen-bond acceptors (Lipinski definition) is 3. The third kappa shape index (κ3) is 4.72. The molecule has 6 heteroatoms. The number of rotatable bonds is 6. The van der Waals surface area contributed by atoms with Crippen LogP contribution in [0.4, 0.5) is 5.69 Å². The van der Waals surface area contributed by atoms with E-state index in [1.807, 2.05) is 31.2 Å². The zero-order chi connectivity index (χ0) is 16.8. The summed E-state index contributed by atoms with van der Waals surface area (Å²) in [6, 6.07) is 11.9. The van der Waals surface area contributed by atoms with Crippen LogP contribution >= 0.6 is 11.6 Å². The molecule has 0 saturated carbocycles. The zero-order valence-electron chi connectivity index (χ0n) is 12.6. The Balaban J connectivity index is 1.99. The van der Waals surface area contributed by atoms with Crippen LogP contribution in [0.3, 0.4) is 0 Å². The summed E-state index contributed by atoms with van der Waals surface area (Å²) in [5.74, 6) is -0.0233. The highest BCUT2D eigenvalue weighted by atomic mass is 35.5. The summed E-state index contributed by atoms with van der Waals surface area (Å²) in [7, 11) is 0. The van der Waals surface area contributed by atoms with Gasteiger partial charge in [0.1, 0.15) is 5.75 Å². The molecule has 2 aromatic carbocycles. The minimum atomic E-state index is -0.609. The molecule has 2 aromatic rings. The maximum absolute atomic E-state index is 12.0. The molecule has 5 nitrogen and oxygen atoms in total. The van der Waals surface area contributed by atoms with Crippen molar-refractivity contribution < 1.29 is 14.3 Å². The summed E-state index contributed by atoms with van der Waals surface area (Å²) < 4.78 is 5.35. The lowest BCUT2D eigenvalue weighted by Crippen LogP contribution is -2.15. The van der Waals surface area contributed by atoms with Crippen molar-refractivity contribution in [2.24, 2.45) is 5.73 Å². The molecule has 0 fully saturated rings. The largest absolute Gasteiger partial charge is 0.494 e. The predicted octanol–water partition coefficient (Wildman–Crippen LogP) is 3.02. The van der Waals surface area contributed by atoms with E-state index in [-0.39, 0.29) is 22.9 Å². The number of nitrogens with one attached hydrogen (secondary N) is 1. The van der Waals surface area contributed by atoms with Gasteiger partial charge in [-0.3, -0.25) is 9.59 Å². The van der Waals surface area contributed by atoms with Crippen LogP contribution in [-0.4, -0.2) is 18.4 Å². The van der Waals surface area contributed by atoms with Crippen molar-refractivity contribution in [1.29, 1.82) is 0 Å². The molecule has 0 aliphatic heterocycles. The van der Waals surface area contributed by atoms with Gasteiger partial charge < -0.3 is 15.8 Å². The number of primary amides is 1. The normalized spacial score (nSPS) is 10.2. The molecule has 0 bridgehead atoms. The Hall–Kier alpha value is -2.53. The highest BCUT2D eigenvalue weighted by molar-refractivity contribution is 6.34. The van der Waals surface area contributed by atoms with E-state index in [2.05, 4.69) is 5.32 Å². The smallest absolute Gasteiger partial charge is 0.250 e. The number of halogens is 1. The Morgan fingerprint density at radius 3 is 2.43 bits per heavy atom. The number of ether oxygens (including phenoxy) is 1.